The van der Waals surface area contributed by atoms with Crippen LogP contribution in [0.2, 0.25) is 0 Å². The quantitative estimate of drug-likeness (QED) is 0.774. The van der Waals surface area contributed by atoms with Crippen molar-refractivity contribution in [3.8, 4) is 0 Å². The topological polar surface area (TPSA) is 54.4 Å². The highest BCUT2D eigenvalue weighted by Crippen LogP contribution is 2.22. The number of pyridine rings is 1. The average molecular weight is 275 g/mol. The Bertz CT molecular complexity index is 307. The molecule has 2 N–H and O–H groups in total. The predicted octanol–water partition coefficient (Wildman–Crippen LogP) is 1.57. The number of anilines is 1. The first-order chi connectivity index (χ1) is 7.25. The summed E-state index contributed by atoms with van der Waals surface area (Å²) in [6.07, 6.45) is 1.76. The molecule has 0 aromatic carbocycles. The van der Waals surface area contributed by atoms with E-state index >= 15 is 0 Å². The van der Waals surface area contributed by atoms with Gasteiger partial charge in [-0.15, -0.1) is 0 Å². The van der Waals surface area contributed by atoms with Gasteiger partial charge in [0.25, 0.3) is 0 Å². The molecule has 84 valence electrons. The van der Waals surface area contributed by atoms with Crippen LogP contribution in [0.1, 0.15) is 5.56 Å². The van der Waals surface area contributed by atoms with Crippen molar-refractivity contribution in [2.45, 2.75) is 6.92 Å². The van der Waals surface area contributed by atoms with Crippen LogP contribution in [0.25, 0.3) is 0 Å². The van der Waals surface area contributed by atoms with Crippen LogP contribution in [0.4, 0.5) is 5.82 Å². The van der Waals surface area contributed by atoms with Crippen molar-refractivity contribution in [2.24, 2.45) is 0 Å². The lowest BCUT2D eigenvalue weighted by Gasteiger charge is -2.08. The molecule has 0 bridgehead atoms. The minimum atomic E-state index is 0.0619. The molecule has 0 aliphatic rings. The fourth-order valence-electron chi connectivity index (χ4n) is 1.07. The molecule has 5 heteroatoms. The maximum atomic E-state index is 8.50. The fraction of sp³-hybridized carbons (Fsp3) is 0.500. The average Bonchev–Trinajstić information content (AvgIpc) is 2.24. The number of aryl methyl sites for hydroxylation is 1. The van der Waals surface area contributed by atoms with E-state index in [0.29, 0.717) is 19.8 Å². The van der Waals surface area contributed by atoms with Crippen molar-refractivity contribution >= 4 is 21.7 Å². The highest BCUT2D eigenvalue weighted by molar-refractivity contribution is 9.10. The SMILES string of the molecule is Cc1ccnc(NCCOCCO)c1Br. The van der Waals surface area contributed by atoms with E-state index in [1.165, 1.54) is 0 Å². The second kappa shape index (κ2) is 6.76. The van der Waals surface area contributed by atoms with Gasteiger partial charge in [0.2, 0.25) is 0 Å². The number of aliphatic hydroxyl groups is 1. The summed E-state index contributed by atoms with van der Waals surface area (Å²) in [5.74, 6) is 0.822. The number of nitrogens with zero attached hydrogens (tertiary/aromatic N) is 1. The van der Waals surface area contributed by atoms with Crippen LogP contribution >= 0.6 is 15.9 Å². The fourth-order valence-corrected chi connectivity index (χ4v) is 1.45. The van der Waals surface area contributed by atoms with Crippen LogP contribution < -0.4 is 5.32 Å². The lowest BCUT2D eigenvalue weighted by molar-refractivity contribution is 0.0992. The number of nitrogens with one attached hydrogen (secondary N) is 1. The summed E-state index contributed by atoms with van der Waals surface area (Å²) in [6.45, 7) is 3.69. The van der Waals surface area contributed by atoms with Crippen molar-refractivity contribution in [2.75, 3.05) is 31.7 Å². The Kier molecular flexibility index (Phi) is 5.60. The zero-order valence-electron chi connectivity index (χ0n) is 8.66. The Labute approximate surface area is 97.8 Å². The molecule has 0 unspecified atom stereocenters. The third-order valence-electron chi connectivity index (χ3n) is 1.86. The molecule has 1 rings (SSSR count). The molecule has 0 aliphatic carbocycles. The standard InChI is InChI=1S/C10H15BrN2O2/c1-8-2-3-12-10(9(8)11)13-4-6-15-7-5-14/h2-3,14H,4-7H2,1H3,(H,12,13). The monoisotopic (exact) mass is 274 g/mol. The van der Waals surface area contributed by atoms with Gasteiger partial charge < -0.3 is 15.2 Å². The zero-order valence-corrected chi connectivity index (χ0v) is 10.2. The molecule has 0 atom stereocenters. The van der Waals surface area contributed by atoms with Gasteiger partial charge in [-0.05, 0) is 34.5 Å². The van der Waals surface area contributed by atoms with Gasteiger partial charge in [-0.25, -0.2) is 4.98 Å². The lowest BCUT2D eigenvalue weighted by atomic mass is 10.3. The van der Waals surface area contributed by atoms with Gasteiger partial charge in [-0.3, -0.25) is 0 Å². The molecule has 0 spiro atoms. The van der Waals surface area contributed by atoms with Crippen molar-refractivity contribution in [1.82, 2.24) is 4.98 Å². The first-order valence-corrected chi connectivity index (χ1v) is 5.58. The molecule has 1 heterocycles. The predicted molar refractivity (Wildman–Crippen MR) is 63.1 cm³/mol. The van der Waals surface area contributed by atoms with E-state index in [2.05, 4.69) is 26.2 Å². The maximum Gasteiger partial charge on any atom is 0.140 e. The van der Waals surface area contributed by atoms with Crippen LogP contribution in [0.3, 0.4) is 0 Å². The summed E-state index contributed by atoms with van der Waals surface area (Å²) in [5, 5.41) is 11.6. The summed E-state index contributed by atoms with van der Waals surface area (Å²) in [5.41, 5.74) is 1.14. The molecule has 1 aromatic heterocycles. The van der Waals surface area contributed by atoms with Crippen molar-refractivity contribution < 1.29 is 9.84 Å². The molecule has 0 fully saturated rings. The van der Waals surface area contributed by atoms with Crippen LogP contribution in [0.5, 0.6) is 0 Å². The molecular weight excluding hydrogens is 260 g/mol. The normalized spacial score (nSPS) is 10.3. The van der Waals surface area contributed by atoms with E-state index in [1.54, 1.807) is 6.20 Å². The molecule has 4 nitrogen and oxygen atoms in total. The number of aromatic nitrogens is 1. The van der Waals surface area contributed by atoms with E-state index in [1.807, 2.05) is 13.0 Å². The smallest absolute Gasteiger partial charge is 0.140 e. The van der Waals surface area contributed by atoms with Gasteiger partial charge >= 0.3 is 0 Å². The minimum absolute atomic E-state index is 0.0619. The van der Waals surface area contributed by atoms with Crippen molar-refractivity contribution in [3.05, 3.63) is 22.3 Å². The summed E-state index contributed by atoms with van der Waals surface area (Å²) >= 11 is 3.46. The summed E-state index contributed by atoms with van der Waals surface area (Å²) in [4.78, 5) is 4.19. The van der Waals surface area contributed by atoms with Gasteiger partial charge in [-0.2, -0.15) is 0 Å². The summed E-state index contributed by atoms with van der Waals surface area (Å²) in [6, 6.07) is 1.94. The Morgan fingerprint density at radius 1 is 1.53 bits per heavy atom. The summed E-state index contributed by atoms with van der Waals surface area (Å²) < 4.78 is 6.10. The number of hydrogen-bond donors (Lipinski definition) is 2. The molecule has 0 amide bonds. The number of ether oxygens (including phenoxy) is 1. The van der Waals surface area contributed by atoms with Crippen LogP contribution in [-0.4, -0.2) is 36.5 Å². The van der Waals surface area contributed by atoms with E-state index in [4.69, 9.17) is 9.84 Å². The van der Waals surface area contributed by atoms with Gasteiger partial charge in [-0.1, -0.05) is 0 Å². The zero-order chi connectivity index (χ0) is 11.1. The number of aliphatic hydroxyl groups excluding tert-OH is 1. The minimum Gasteiger partial charge on any atom is -0.394 e. The molecule has 1 aromatic rings. The molecule has 0 radical (unpaired) electrons. The van der Waals surface area contributed by atoms with E-state index < -0.39 is 0 Å². The van der Waals surface area contributed by atoms with Gasteiger partial charge in [0, 0.05) is 12.7 Å². The number of hydrogen-bond acceptors (Lipinski definition) is 4. The molecule has 0 aliphatic heterocycles. The molecule has 0 saturated heterocycles. The van der Waals surface area contributed by atoms with Gasteiger partial charge in [0.05, 0.1) is 24.3 Å². The van der Waals surface area contributed by atoms with Gasteiger partial charge in [0.15, 0.2) is 0 Å². The van der Waals surface area contributed by atoms with Crippen molar-refractivity contribution in [3.63, 3.8) is 0 Å². The van der Waals surface area contributed by atoms with E-state index in [-0.39, 0.29) is 6.61 Å². The first-order valence-electron chi connectivity index (χ1n) is 4.79. The largest absolute Gasteiger partial charge is 0.394 e. The second-order valence-electron chi connectivity index (χ2n) is 3.05. The molecular formula is C10H15BrN2O2. The van der Waals surface area contributed by atoms with Gasteiger partial charge in [0.1, 0.15) is 5.82 Å². The summed E-state index contributed by atoms with van der Waals surface area (Å²) in [7, 11) is 0. The Balaban J connectivity index is 2.34. The highest BCUT2D eigenvalue weighted by Gasteiger charge is 2.02. The number of halogens is 1. The Morgan fingerprint density at radius 2 is 2.33 bits per heavy atom. The third-order valence-corrected chi connectivity index (χ3v) is 2.86. The van der Waals surface area contributed by atoms with Crippen LogP contribution in [0, 0.1) is 6.92 Å². The van der Waals surface area contributed by atoms with E-state index in [9.17, 15) is 0 Å². The van der Waals surface area contributed by atoms with E-state index in [0.717, 1.165) is 15.9 Å². The Hall–Kier alpha value is -0.650. The second-order valence-corrected chi connectivity index (χ2v) is 3.85. The Morgan fingerprint density at radius 3 is 3.07 bits per heavy atom. The molecule has 15 heavy (non-hydrogen) atoms. The van der Waals surface area contributed by atoms with Crippen molar-refractivity contribution in [1.29, 1.82) is 0 Å². The third kappa shape index (κ3) is 4.15. The lowest BCUT2D eigenvalue weighted by Crippen LogP contribution is -2.12. The first kappa shape index (κ1) is 12.4. The number of rotatable bonds is 6. The highest BCUT2D eigenvalue weighted by atomic mass is 79.9. The maximum absolute atomic E-state index is 8.50. The van der Waals surface area contributed by atoms with Crippen LogP contribution in [-0.2, 0) is 4.74 Å². The van der Waals surface area contributed by atoms with Crippen LogP contribution in [0.15, 0.2) is 16.7 Å². The molecule has 0 saturated carbocycles.